The number of hydrogen-bond acceptors (Lipinski definition) is 1. The zero-order chi connectivity index (χ0) is 7.49. The second kappa shape index (κ2) is 3.54. The van der Waals surface area contributed by atoms with Crippen LogP contribution < -0.4 is 5.73 Å². The predicted molar refractivity (Wildman–Crippen MR) is 49.4 cm³/mol. The van der Waals surface area contributed by atoms with Gasteiger partial charge in [-0.05, 0) is 4.11 Å². The van der Waals surface area contributed by atoms with Crippen LogP contribution in [0.5, 0.6) is 0 Å². The average Bonchev–Trinajstić information content (AvgIpc) is 1.64. The van der Waals surface area contributed by atoms with E-state index in [1.165, 1.54) is 4.11 Å². The van der Waals surface area contributed by atoms with Gasteiger partial charge in [-0.15, -0.1) is 0 Å². The van der Waals surface area contributed by atoms with E-state index in [-0.39, 0.29) is 0 Å². The Kier molecular flexibility index (Phi) is 3.69. The van der Waals surface area contributed by atoms with E-state index in [2.05, 4.69) is 35.6 Å². The van der Waals surface area contributed by atoms with Gasteiger partial charge >= 0.3 is 0 Å². The second-order valence-corrected chi connectivity index (χ2v) is 9.66. The van der Waals surface area contributed by atoms with Crippen LogP contribution in [-0.4, -0.2) is 14.6 Å². The molecule has 1 nitrogen and oxygen atoms in total. The first-order chi connectivity index (χ1) is 3.98. The van der Waals surface area contributed by atoms with E-state index in [0.29, 0.717) is 6.54 Å². The van der Waals surface area contributed by atoms with Gasteiger partial charge in [-0.3, -0.25) is 0 Å². The van der Waals surface area contributed by atoms with Gasteiger partial charge in [-0.25, -0.2) is 0 Å². The zero-order valence-corrected chi connectivity index (χ0v) is 8.83. The summed E-state index contributed by atoms with van der Waals surface area (Å²) < 4.78 is 1.32. The van der Waals surface area contributed by atoms with E-state index in [1.807, 2.05) is 6.08 Å². The molecule has 0 aliphatic heterocycles. The molecule has 0 saturated carbocycles. The lowest BCUT2D eigenvalue weighted by Crippen LogP contribution is -2.21. The smallest absolute Gasteiger partial charge is 0.0862 e. The first-order valence-corrected chi connectivity index (χ1v) is 7.34. The van der Waals surface area contributed by atoms with Crippen molar-refractivity contribution in [3.05, 3.63) is 10.2 Å². The zero-order valence-electron chi connectivity index (χ0n) is 6.24. The molecule has 0 bridgehead atoms. The van der Waals surface area contributed by atoms with Crippen molar-refractivity contribution in [2.24, 2.45) is 5.73 Å². The van der Waals surface area contributed by atoms with Gasteiger partial charge in [0.05, 0.1) is 8.07 Å². The number of rotatable bonds is 2. The van der Waals surface area contributed by atoms with Gasteiger partial charge < -0.3 is 5.73 Å². The standard InChI is InChI=1S/C6H14BrNSi/c1-9(2,3)6(7)4-5-8/h4H,5,8H2,1-3H3/b6-4+. The Labute approximate surface area is 66.5 Å². The lowest BCUT2D eigenvalue weighted by molar-refractivity contribution is 1.25. The van der Waals surface area contributed by atoms with Crippen LogP contribution in [-0.2, 0) is 0 Å². The topological polar surface area (TPSA) is 26.0 Å². The van der Waals surface area contributed by atoms with Crippen LogP contribution in [0, 0.1) is 0 Å². The first kappa shape index (κ1) is 9.40. The Hall–Kier alpha value is 0.397. The van der Waals surface area contributed by atoms with Crippen LogP contribution >= 0.6 is 15.9 Å². The van der Waals surface area contributed by atoms with Gasteiger partial charge in [0.2, 0.25) is 0 Å². The largest absolute Gasteiger partial charge is 0.327 e. The predicted octanol–water partition coefficient (Wildman–Crippen LogP) is 2.10. The summed E-state index contributed by atoms with van der Waals surface area (Å²) in [7, 11) is -1.08. The van der Waals surface area contributed by atoms with Crippen LogP contribution in [0.2, 0.25) is 19.6 Å². The van der Waals surface area contributed by atoms with E-state index in [1.54, 1.807) is 0 Å². The number of halogens is 1. The lowest BCUT2D eigenvalue weighted by Gasteiger charge is -2.14. The summed E-state index contributed by atoms with van der Waals surface area (Å²) in [5, 5.41) is 0. The van der Waals surface area contributed by atoms with Gasteiger partial charge in [-0.1, -0.05) is 41.6 Å². The molecule has 0 heterocycles. The minimum atomic E-state index is -1.08. The maximum atomic E-state index is 5.34. The molecule has 0 aromatic carbocycles. The van der Waals surface area contributed by atoms with Crippen molar-refractivity contribution in [1.29, 1.82) is 0 Å². The van der Waals surface area contributed by atoms with Crippen LogP contribution in [0.4, 0.5) is 0 Å². The molecule has 0 aromatic heterocycles. The molecule has 3 heteroatoms. The molecule has 0 unspecified atom stereocenters. The molecule has 0 aliphatic rings. The molecular weight excluding hydrogens is 194 g/mol. The van der Waals surface area contributed by atoms with Gasteiger partial charge in [0, 0.05) is 6.54 Å². The highest BCUT2D eigenvalue weighted by molar-refractivity contribution is 9.12. The molecule has 2 N–H and O–H groups in total. The maximum Gasteiger partial charge on any atom is 0.0862 e. The highest BCUT2D eigenvalue weighted by atomic mass is 79.9. The summed E-state index contributed by atoms with van der Waals surface area (Å²) in [6, 6.07) is 0. The summed E-state index contributed by atoms with van der Waals surface area (Å²) in [4.78, 5) is 0. The summed E-state index contributed by atoms with van der Waals surface area (Å²) in [6.45, 7) is 7.49. The number of hydrogen-bond donors (Lipinski definition) is 1. The van der Waals surface area contributed by atoms with Crippen molar-refractivity contribution in [3.63, 3.8) is 0 Å². The Morgan fingerprint density at radius 1 is 1.56 bits per heavy atom. The van der Waals surface area contributed by atoms with Crippen molar-refractivity contribution in [1.82, 2.24) is 0 Å². The van der Waals surface area contributed by atoms with Crippen molar-refractivity contribution in [3.8, 4) is 0 Å². The van der Waals surface area contributed by atoms with Crippen LogP contribution in [0.25, 0.3) is 0 Å². The van der Waals surface area contributed by atoms with E-state index in [9.17, 15) is 0 Å². The third kappa shape index (κ3) is 3.89. The van der Waals surface area contributed by atoms with Crippen molar-refractivity contribution < 1.29 is 0 Å². The van der Waals surface area contributed by atoms with Gasteiger partial charge in [0.15, 0.2) is 0 Å². The van der Waals surface area contributed by atoms with Gasteiger partial charge in [0.1, 0.15) is 0 Å². The summed E-state index contributed by atoms with van der Waals surface area (Å²) >= 11 is 3.50. The normalized spacial score (nSPS) is 14.1. The van der Waals surface area contributed by atoms with Gasteiger partial charge in [-0.2, -0.15) is 0 Å². The van der Waals surface area contributed by atoms with Crippen molar-refractivity contribution in [2.45, 2.75) is 19.6 Å². The van der Waals surface area contributed by atoms with E-state index in [0.717, 1.165) is 0 Å². The minimum absolute atomic E-state index is 0.644. The minimum Gasteiger partial charge on any atom is -0.327 e. The summed E-state index contributed by atoms with van der Waals surface area (Å²) in [6.07, 6.45) is 2.05. The van der Waals surface area contributed by atoms with Crippen molar-refractivity contribution >= 4 is 24.0 Å². The van der Waals surface area contributed by atoms with Crippen LogP contribution in [0.3, 0.4) is 0 Å². The molecule has 0 rings (SSSR count). The van der Waals surface area contributed by atoms with Crippen LogP contribution in [0.1, 0.15) is 0 Å². The van der Waals surface area contributed by atoms with E-state index < -0.39 is 8.07 Å². The molecular formula is C6H14BrNSi. The second-order valence-electron chi connectivity index (χ2n) is 3.04. The van der Waals surface area contributed by atoms with Crippen LogP contribution in [0.15, 0.2) is 10.2 Å². The average molecular weight is 208 g/mol. The van der Waals surface area contributed by atoms with E-state index >= 15 is 0 Å². The molecule has 0 spiro atoms. The first-order valence-electron chi connectivity index (χ1n) is 3.04. The molecule has 9 heavy (non-hydrogen) atoms. The summed E-state index contributed by atoms with van der Waals surface area (Å²) in [5.41, 5.74) is 5.34. The molecule has 0 fully saturated rings. The fraction of sp³-hybridized carbons (Fsp3) is 0.667. The highest BCUT2D eigenvalue weighted by Gasteiger charge is 2.15. The molecule has 0 aliphatic carbocycles. The molecule has 0 saturated heterocycles. The molecule has 0 atom stereocenters. The van der Waals surface area contributed by atoms with Gasteiger partial charge in [0.25, 0.3) is 0 Å². The van der Waals surface area contributed by atoms with Crippen molar-refractivity contribution in [2.75, 3.05) is 6.54 Å². The Bertz CT molecular complexity index is 115. The highest BCUT2D eigenvalue weighted by Crippen LogP contribution is 2.19. The lowest BCUT2D eigenvalue weighted by atomic mass is 10.7. The quantitative estimate of drug-likeness (QED) is 0.691. The Balaban J connectivity index is 4.03. The Morgan fingerprint density at radius 2 is 2.00 bits per heavy atom. The van der Waals surface area contributed by atoms with E-state index in [4.69, 9.17) is 5.73 Å². The molecule has 0 aromatic rings. The molecule has 54 valence electrons. The third-order valence-electron chi connectivity index (χ3n) is 1.01. The molecule has 0 amide bonds. The fourth-order valence-corrected chi connectivity index (χ4v) is 1.33. The number of nitrogens with two attached hydrogens (primary N) is 1. The maximum absolute atomic E-state index is 5.34. The molecule has 0 radical (unpaired) electrons. The fourth-order valence-electron chi connectivity index (χ4n) is 0.410. The third-order valence-corrected chi connectivity index (χ3v) is 6.54. The summed E-state index contributed by atoms with van der Waals surface area (Å²) in [5.74, 6) is 0. The monoisotopic (exact) mass is 207 g/mol. The SMILES string of the molecule is C[Si](C)(C)/C(Br)=C/CN. The Morgan fingerprint density at radius 3 is 2.11 bits per heavy atom.